The molecule has 20 heavy (non-hydrogen) atoms. The molecule has 0 spiro atoms. The third kappa shape index (κ3) is 3.84. The summed E-state index contributed by atoms with van der Waals surface area (Å²) in [5, 5.41) is 0. The third-order valence-corrected chi connectivity index (χ3v) is 3.73. The van der Waals surface area contributed by atoms with Gasteiger partial charge >= 0.3 is 0 Å². The fourth-order valence-corrected chi connectivity index (χ4v) is 2.46. The molecule has 0 saturated heterocycles. The minimum Gasteiger partial charge on any atom is -0.457 e. The van der Waals surface area contributed by atoms with Crippen molar-refractivity contribution in [2.75, 3.05) is 0 Å². The second kappa shape index (κ2) is 6.42. The Morgan fingerprint density at radius 2 is 1.85 bits per heavy atom. The van der Waals surface area contributed by atoms with Gasteiger partial charge in [-0.3, -0.25) is 0 Å². The van der Waals surface area contributed by atoms with E-state index in [1.807, 2.05) is 38.1 Å². The van der Waals surface area contributed by atoms with E-state index in [1.54, 1.807) is 0 Å². The van der Waals surface area contributed by atoms with E-state index in [9.17, 15) is 0 Å². The van der Waals surface area contributed by atoms with Crippen molar-refractivity contribution >= 4 is 15.9 Å². The van der Waals surface area contributed by atoms with E-state index in [1.165, 1.54) is 11.1 Å². The van der Waals surface area contributed by atoms with Gasteiger partial charge in [0.25, 0.3) is 0 Å². The molecule has 0 aromatic heterocycles. The van der Waals surface area contributed by atoms with Crippen LogP contribution < -0.4 is 10.5 Å². The average Bonchev–Trinajstić information content (AvgIpc) is 2.37. The first-order valence-electron chi connectivity index (χ1n) is 6.75. The Morgan fingerprint density at radius 3 is 2.50 bits per heavy atom. The van der Waals surface area contributed by atoms with Gasteiger partial charge in [-0.25, -0.2) is 0 Å². The molecule has 0 heterocycles. The van der Waals surface area contributed by atoms with Crippen molar-refractivity contribution in [3.63, 3.8) is 0 Å². The van der Waals surface area contributed by atoms with Gasteiger partial charge in [0.15, 0.2) is 0 Å². The van der Waals surface area contributed by atoms with Crippen molar-refractivity contribution < 1.29 is 4.74 Å². The predicted molar refractivity (Wildman–Crippen MR) is 87.5 cm³/mol. The molecule has 0 aliphatic carbocycles. The van der Waals surface area contributed by atoms with Crippen LogP contribution in [-0.2, 0) is 6.42 Å². The van der Waals surface area contributed by atoms with Crippen LogP contribution in [0.4, 0.5) is 0 Å². The first-order valence-corrected chi connectivity index (χ1v) is 7.54. The molecular formula is C17H20BrNO. The fourth-order valence-electron chi connectivity index (χ4n) is 2.12. The normalized spacial score (nSPS) is 12.2. The average molecular weight is 334 g/mol. The number of ether oxygens (including phenoxy) is 1. The lowest BCUT2D eigenvalue weighted by Crippen LogP contribution is -2.18. The summed E-state index contributed by atoms with van der Waals surface area (Å²) in [6, 6.07) is 12.4. The quantitative estimate of drug-likeness (QED) is 0.876. The number of nitrogens with two attached hydrogens (primary N) is 1. The van der Waals surface area contributed by atoms with E-state index in [-0.39, 0.29) is 6.04 Å². The summed E-state index contributed by atoms with van der Waals surface area (Å²) in [6.07, 6.45) is 0.891. The zero-order chi connectivity index (χ0) is 14.7. The summed E-state index contributed by atoms with van der Waals surface area (Å²) in [7, 11) is 0. The Kier molecular flexibility index (Phi) is 4.84. The Bertz CT molecular complexity index is 608. The molecule has 2 aromatic carbocycles. The van der Waals surface area contributed by atoms with Crippen LogP contribution in [-0.4, -0.2) is 6.04 Å². The second-order valence-electron chi connectivity index (χ2n) is 5.28. The van der Waals surface area contributed by atoms with Gasteiger partial charge in [0, 0.05) is 10.5 Å². The van der Waals surface area contributed by atoms with Gasteiger partial charge in [-0.2, -0.15) is 0 Å². The van der Waals surface area contributed by atoms with Gasteiger partial charge in [-0.1, -0.05) is 28.1 Å². The summed E-state index contributed by atoms with van der Waals surface area (Å²) < 4.78 is 6.99. The lowest BCUT2D eigenvalue weighted by molar-refractivity contribution is 0.478. The Labute approximate surface area is 129 Å². The first-order chi connectivity index (χ1) is 9.45. The summed E-state index contributed by atoms with van der Waals surface area (Å²) in [6.45, 7) is 6.16. The number of halogens is 1. The van der Waals surface area contributed by atoms with Crippen LogP contribution in [0.15, 0.2) is 40.9 Å². The van der Waals surface area contributed by atoms with Crippen LogP contribution in [0, 0.1) is 13.8 Å². The summed E-state index contributed by atoms with van der Waals surface area (Å²) >= 11 is 3.47. The van der Waals surface area contributed by atoms with E-state index in [2.05, 4.69) is 35.0 Å². The topological polar surface area (TPSA) is 35.2 Å². The van der Waals surface area contributed by atoms with Crippen molar-refractivity contribution in [3.8, 4) is 11.5 Å². The Balaban J connectivity index is 2.22. The first kappa shape index (κ1) is 15.1. The zero-order valence-corrected chi connectivity index (χ0v) is 13.7. The van der Waals surface area contributed by atoms with Crippen molar-refractivity contribution in [1.29, 1.82) is 0 Å². The number of rotatable bonds is 4. The van der Waals surface area contributed by atoms with Crippen molar-refractivity contribution in [2.45, 2.75) is 33.2 Å². The highest BCUT2D eigenvalue weighted by molar-refractivity contribution is 9.10. The highest BCUT2D eigenvalue weighted by Gasteiger charge is 2.06. The minimum absolute atomic E-state index is 0.174. The van der Waals surface area contributed by atoms with Crippen LogP contribution in [0.5, 0.6) is 11.5 Å². The molecule has 1 atom stereocenters. The molecule has 0 fully saturated rings. The second-order valence-corrected chi connectivity index (χ2v) is 6.20. The van der Waals surface area contributed by atoms with Gasteiger partial charge < -0.3 is 10.5 Å². The molecule has 2 nitrogen and oxygen atoms in total. The smallest absolute Gasteiger partial charge is 0.131 e. The van der Waals surface area contributed by atoms with E-state index in [0.29, 0.717) is 0 Å². The van der Waals surface area contributed by atoms with Crippen LogP contribution in [0.1, 0.15) is 23.6 Å². The standard InChI is InChI=1S/C17H20BrNO/c1-11-4-6-15(18)10-17(11)20-16-7-5-14(9-13(3)19)12(2)8-16/h4-8,10,13H,9,19H2,1-3H3. The van der Waals surface area contributed by atoms with Gasteiger partial charge in [-0.15, -0.1) is 0 Å². The number of aryl methyl sites for hydroxylation is 2. The SMILES string of the molecule is Cc1cc(Oc2cc(Br)ccc2C)ccc1CC(C)N. The van der Waals surface area contributed by atoms with E-state index in [4.69, 9.17) is 10.5 Å². The summed E-state index contributed by atoms with van der Waals surface area (Å²) in [5.74, 6) is 1.73. The predicted octanol–water partition coefficient (Wildman–Crippen LogP) is 4.75. The molecule has 0 amide bonds. The molecule has 106 valence electrons. The number of benzene rings is 2. The Morgan fingerprint density at radius 1 is 1.10 bits per heavy atom. The van der Waals surface area contributed by atoms with Crippen molar-refractivity contribution in [1.82, 2.24) is 0 Å². The maximum atomic E-state index is 5.97. The number of hydrogen-bond donors (Lipinski definition) is 1. The van der Waals surface area contributed by atoms with Gasteiger partial charge in [0.05, 0.1) is 0 Å². The summed E-state index contributed by atoms with van der Waals surface area (Å²) in [4.78, 5) is 0. The van der Waals surface area contributed by atoms with Crippen molar-refractivity contribution in [3.05, 3.63) is 57.6 Å². The van der Waals surface area contributed by atoms with E-state index >= 15 is 0 Å². The highest BCUT2D eigenvalue weighted by atomic mass is 79.9. The molecule has 1 unspecified atom stereocenters. The molecule has 2 rings (SSSR count). The monoisotopic (exact) mass is 333 g/mol. The largest absolute Gasteiger partial charge is 0.457 e. The maximum absolute atomic E-state index is 5.97. The van der Waals surface area contributed by atoms with Crippen molar-refractivity contribution in [2.24, 2.45) is 5.73 Å². The third-order valence-electron chi connectivity index (χ3n) is 3.23. The lowest BCUT2D eigenvalue weighted by atomic mass is 10.0. The molecule has 0 aliphatic heterocycles. The van der Waals surface area contributed by atoms with E-state index < -0.39 is 0 Å². The maximum Gasteiger partial charge on any atom is 0.131 e. The molecule has 3 heteroatoms. The molecule has 2 N–H and O–H groups in total. The zero-order valence-electron chi connectivity index (χ0n) is 12.1. The van der Waals surface area contributed by atoms with Gasteiger partial charge in [-0.05, 0) is 68.1 Å². The molecule has 0 bridgehead atoms. The molecular weight excluding hydrogens is 314 g/mol. The van der Waals surface area contributed by atoms with Crippen LogP contribution in [0.3, 0.4) is 0 Å². The molecule has 0 radical (unpaired) electrons. The molecule has 0 saturated carbocycles. The fraction of sp³-hybridized carbons (Fsp3) is 0.294. The molecule has 2 aromatic rings. The van der Waals surface area contributed by atoms with Crippen LogP contribution in [0.2, 0.25) is 0 Å². The van der Waals surface area contributed by atoms with Gasteiger partial charge in [0.2, 0.25) is 0 Å². The minimum atomic E-state index is 0.174. The van der Waals surface area contributed by atoms with E-state index in [0.717, 1.165) is 28.0 Å². The number of hydrogen-bond acceptors (Lipinski definition) is 2. The lowest BCUT2D eigenvalue weighted by Gasteiger charge is -2.13. The van der Waals surface area contributed by atoms with Gasteiger partial charge in [0.1, 0.15) is 11.5 Å². The highest BCUT2D eigenvalue weighted by Crippen LogP contribution is 2.29. The molecule has 0 aliphatic rings. The Hall–Kier alpha value is -1.32. The van der Waals surface area contributed by atoms with Crippen LogP contribution in [0.25, 0.3) is 0 Å². The summed E-state index contributed by atoms with van der Waals surface area (Å²) in [5.41, 5.74) is 9.46. The van der Waals surface area contributed by atoms with Crippen LogP contribution >= 0.6 is 15.9 Å².